The highest BCUT2D eigenvalue weighted by Crippen LogP contribution is 2.15. The van der Waals surface area contributed by atoms with Crippen molar-refractivity contribution >= 4 is 5.69 Å². The molecule has 0 spiro atoms. The quantitative estimate of drug-likeness (QED) is 0.849. The first-order valence-corrected chi connectivity index (χ1v) is 7.39. The van der Waals surface area contributed by atoms with Crippen molar-refractivity contribution in [3.8, 4) is 5.75 Å². The van der Waals surface area contributed by atoms with Crippen LogP contribution < -0.4 is 15.6 Å². The first-order valence-electron chi connectivity index (χ1n) is 7.39. The monoisotopic (exact) mass is 286 g/mol. The molecule has 0 radical (unpaired) electrons. The van der Waals surface area contributed by atoms with Gasteiger partial charge in [0.1, 0.15) is 5.75 Å². The summed E-state index contributed by atoms with van der Waals surface area (Å²) in [4.78, 5) is 11.5. The van der Waals surface area contributed by atoms with E-state index in [0.717, 1.165) is 30.0 Å². The van der Waals surface area contributed by atoms with E-state index < -0.39 is 0 Å². The van der Waals surface area contributed by atoms with Crippen LogP contribution in [0, 0.1) is 0 Å². The van der Waals surface area contributed by atoms with E-state index in [1.807, 2.05) is 37.4 Å². The number of aryl methyl sites for hydroxylation is 1. The van der Waals surface area contributed by atoms with Crippen molar-refractivity contribution in [1.29, 1.82) is 0 Å². The second-order valence-corrected chi connectivity index (χ2v) is 4.89. The molecule has 0 saturated heterocycles. The van der Waals surface area contributed by atoms with Crippen LogP contribution in [0.4, 0.5) is 5.69 Å². The predicted octanol–water partition coefficient (Wildman–Crippen LogP) is 3.27. The summed E-state index contributed by atoms with van der Waals surface area (Å²) in [6, 6.07) is 11.5. The van der Waals surface area contributed by atoms with E-state index in [4.69, 9.17) is 4.74 Å². The Morgan fingerprint density at radius 2 is 2.05 bits per heavy atom. The molecule has 1 aromatic heterocycles. The molecule has 0 aliphatic carbocycles. The van der Waals surface area contributed by atoms with Gasteiger partial charge in [0.05, 0.1) is 12.3 Å². The van der Waals surface area contributed by atoms with Crippen molar-refractivity contribution < 1.29 is 4.74 Å². The maximum atomic E-state index is 11.5. The van der Waals surface area contributed by atoms with Crippen LogP contribution in [0.1, 0.15) is 25.8 Å². The van der Waals surface area contributed by atoms with Gasteiger partial charge in [0, 0.05) is 25.4 Å². The van der Waals surface area contributed by atoms with Gasteiger partial charge in [-0.15, -0.1) is 0 Å². The maximum absolute atomic E-state index is 11.5. The first kappa shape index (κ1) is 15.2. The molecule has 0 bridgehead atoms. The number of benzene rings is 1. The Morgan fingerprint density at radius 3 is 2.81 bits per heavy atom. The number of nitrogens with zero attached hydrogens (tertiary/aromatic N) is 1. The highest BCUT2D eigenvalue weighted by molar-refractivity contribution is 5.41. The molecule has 4 heteroatoms. The average Bonchev–Trinajstić information content (AvgIpc) is 2.52. The second-order valence-electron chi connectivity index (χ2n) is 4.89. The van der Waals surface area contributed by atoms with E-state index in [-0.39, 0.29) is 5.56 Å². The largest absolute Gasteiger partial charge is 0.494 e. The summed E-state index contributed by atoms with van der Waals surface area (Å²) in [6.07, 6.45) is 2.85. The van der Waals surface area contributed by atoms with Crippen LogP contribution in [-0.2, 0) is 13.1 Å². The van der Waals surface area contributed by atoms with Crippen LogP contribution in [0.25, 0.3) is 0 Å². The topological polar surface area (TPSA) is 43.3 Å². The molecule has 2 aromatic rings. The minimum atomic E-state index is 0.0259. The number of anilines is 1. The molecular weight excluding hydrogens is 264 g/mol. The minimum absolute atomic E-state index is 0.0259. The Hall–Kier alpha value is -2.23. The zero-order valence-corrected chi connectivity index (χ0v) is 12.6. The predicted molar refractivity (Wildman–Crippen MR) is 85.9 cm³/mol. The Kier molecular flexibility index (Phi) is 5.43. The van der Waals surface area contributed by atoms with Crippen molar-refractivity contribution in [2.45, 2.75) is 33.4 Å². The fraction of sp³-hybridized carbons (Fsp3) is 0.353. The number of ether oxygens (including phenoxy) is 1. The molecule has 0 atom stereocenters. The molecule has 0 amide bonds. The van der Waals surface area contributed by atoms with E-state index in [1.54, 1.807) is 10.6 Å². The third-order valence-corrected chi connectivity index (χ3v) is 3.19. The van der Waals surface area contributed by atoms with E-state index >= 15 is 0 Å². The lowest BCUT2D eigenvalue weighted by Gasteiger charge is -2.10. The van der Waals surface area contributed by atoms with Gasteiger partial charge in [-0.2, -0.15) is 0 Å². The van der Waals surface area contributed by atoms with Crippen molar-refractivity contribution in [3.63, 3.8) is 0 Å². The fourth-order valence-electron chi connectivity index (χ4n) is 2.05. The van der Waals surface area contributed by atoms with Gasteiger partial charge in [-0.1, -0.05) is 19.1 Å². The van der Waals surface area contributed by atoms with Gasteiger partial charge in [-0.05, 0) is 37.1 Å². The number of rotatable bonds is 7. The van der Waals surface area contributed by atoms with Crippen LogP contribution in [0.2, 0.25) is 0 Å². The highest BCUT2D eigenvalue weighted by Gasteiger charge is 1.99. The van der Waals surface area contributed by atoms with Gasteiger partial charge in [-0.25, -0.2) is 0 Å². The summed E-state index contributed by atoms with van der Waals surface area (Å²) in [5.74, 6) is 0.898. The molecule has 1 heterocycles. The minimum Gasteiger partial charge on any atom is -0.494 e. The van der Waals surface area contributed by atoms with Crippen LogP contribution in [0.15, 0.2) is 47.4 Å². The lowest BCUT2D eigenvalue weighted by atomic mass is 10.2. The molecule has 0 saturated carbocycles. The summed E-state index contributed by atoms with van der Waals surface area (Å²) in [5.41, 5.74) is 2.12. The Balaban J connectivity index is 2.01. The Morgan fingerprint density at radius 1 is 1.19 bits per heavy atom. The van der Waals surface area contributed by atoms with Gasteiger partial charge in [0.25, 0.3) is 5.56 Å². The maximum Gasteiger partial charge on any atom is 0.250 e. The molecule has 0 aliphatic rings. The number of hydrogen-bond acceptors (Lipinski definition) is 3. The van der Waals surface area contributed by atoms with Crippen molar-refractivity contribution in [3.05, 3.63) is 58.5 Å². The molecule has 112 valence electrons. The SMILES string of the molecule is CCCOc1cccc(CNc2ccc(=O)n(CC)c2)c1. The van der Waals surface area contributed by atoms with Gasteiger partial charge in [0.15, 0.2) is 0 Å². The number of nitrogens with one attached hydrogen (secondary N) is 1. The molecule has 0 unspecified atom stereocenters. The van der Waals surface area contributed by atoms with Gasteiger partial charge >= 0.3 is 0 Å². The van der Waals surface area contributed by atoms with E-state index in [2.05, 4.69) is 18.3 Å². The van der Waals surface area contributed by atoms with Crippen LogP contribution in [0.3, 0.4) is 0 Å². The summed E-state index contributed by atoms with van der Waals surface area (Å²) in [6.45, 7) is 6.16. The third kappa shape index (κ3) is 4.38. The summed E-state index contributed by atoms with van der Waals surface area (Å²) in [5, 5.41) is 3.33. The number of pyridine rings is 1. The summed E-state index contributed by atoms with van der Waals surface area (Å²) in [7, 11) is 0. The van der Waals surface area contributed by atoms with Crippen molar-refractivity contribution in [2.24, 2.45) is 0 Å². The van der Waals surface area contributed by atoms with Gasteiger partial charge in [0.2, 0.25) is 0 Å². The standard InChI is InChI=1S/C17H22N2O2/c1-3-10-21-16-7-5-6-14(11-16)12-18-15-8-9-17(20)19(4-2)13-15/h5-9,11,13,18H,3-4,10,12H2,1-2H3. The molecular formula is C17H22N2O2. The highest BCUT2D eigenvalue weighted by atomic mass is 16.5. The number of aromatic nitrogens is 1. The molecule has 1 aromatic carbocycles. The first-order chi connectivity index (χ1) is 10.2. The number of hydrogen-bond donors (Lipinski definition) is 1. The summed E-state index contributed by atoms with van der Waals surface area (Å²) >= 11 is 0. The lowest BCUT2D eigenvalue weighted by Crippen LogP contribution is -2.17. The van der Waals surface area contributed by atoms with E-state index in [1.165, 1.54) is 0 Å². The van der Waals surface area contributed by atoms with Gasteiger partial charge in [-0.3, -0.25) is 4.79 Å². The van der Waals surface area contributed by atoms with E-state index in [0.29, 0.717) is 13.1 Å². The van der Waals surface area contributed by atoms with Crippen LogP contribution in [0.5, 0.6) is 5.75 Å². The lowest BCUT2D eigenvalue weighted by molar-refractivity contribution is 0.317. The molecule has 1 N–H and O–H groups in total. The molecule has 0 fully saturated rings. The third-order valence-electron chi connectivity index (χ3n) is 3.19. The summed E-state index contributed by atoms with van der Waals surface area (Å²) < 4.78 is 7.31. The van der Waals surface area contributed by atoms with Crippen LogP contribution >= 0.6 is 0 Å². The van der Waals surface area contributed by atoms with E-state index in [9.17, 15) is 4.79 Å². The van der Waals surface area contributed by atoms with Crippen molar-refractivity contribution in [2.75, 3.05) is 11.9 Å². The zero-order valence-electron chi connectivity index (χ0n) is 12.6. The molecule has 4 nitrogen and oxygen atoms in total. The smallest absolute Gasteiger partial charge is 0.250 e. The molecule has 2 rings (SSSR count). The zero-order chi connectivity index (χ0) is 15.1. The Bertz CT molecular complexity index is 635. The second kappa shape index (κ2) is 7.53. The normalized spacial score (nSPS) is 10.4. The fourth-order valence-corrected chi connectivity index (χ4v) is 2.05. The molecule has 21 heavy (non-hydrogen) atoms. The van der Waals surface area contributed by atoms with Crippen LogP contribution in [-0.4, -0.2) is 11.2 Å². The van der Waals surface area contributed by atoms with Gasteiger partial charge < -0.3 is 14.6 Å². The molecule has 0 aliphatic heterocycles. The average molecular weight is 286 g/mol. The Labute approximate surface area is 125 Å². The van der Waals surface area contributed by atoms with Crippen molar-refractivity contribution in [1.82, 2.24) is 4.57 Å².